The van der Waals surface area contributed by atoms with Crippen LogP contribution in [0.1, 0.15) is 451 Å². The van der Waals surface area contributed by atoms with E-state index in [1.165, 1.54) is 253 Å². The monoisotopic (exact) mass is 1970 g/mol. The van der Waals surface area contributed by atoms with Crippen LogP contribution in [0.3, 0.4) is 0 Å². The Hall–Kier alpha value is -3.32. The van der Waals surface area contributed by atoms with Crippen molar-refractivity contribution in [3.05, 3.63) is 48.6 Å². The molecule has 20 aliphatic carbocycles. The number of hydrogen-bond acceptors (Lipinski definition) is 12. The number of ether oxygens (including phenoxy) is 6. The van der Waals surface area contributed by atoms with E-state index in [2.05, 4.69) is 192 Å². The molecule has 0 spiro atoms. The Kier molecular flexibility index (Phi) is 28.8. The van der Waals surface area contributed by atoms with Gasteiger partial charge in [0.05, 0.1) is 32.0 Å². The highest BCUT2D eigenvalue weighted by molar-refractivity contribution is 5.67. The summed E-state index contributed by atoms with van der Waals surface area (Å²) >= 11 is 0. The Morgan fingerprint density at radius 1 is 0.261 bits per heavy atom. The van der Waals surface area contributed by atoms with Crippen molar-refractivity contribution in [3.8, 4) is 0 Å². The van der Waals surface area contributed by atoms with Crippen LogP contribution in [0.25, 0.3) is 0 Å². The van der Waals surface area contributed by atoms with Gasteiger partial charge in [-0.2, -0.15) is 0 Å². The molecule has 0 aromatic rings. The quantitative estimate of drug-likeness (QED) is 0.0962. The summed E-state index contributed by atoms with van der Waals surface area (Å²) < 4.78 is 35.4. The van der Waals surface area contributed by atoms with Gasteiger partial charge in [-0.3, -0.25) is 19.2 Å². The van der Waals surface area contributed by atoms with Gasteiger partial charge in [-0.25, -0.2) is 0 Å². The molecule has 0 heterocycles. The lowest BCUT2D eigenvalue weighted by Crippen LogP contribution is -2.67. The number of aliphatic hydroxyl groups excluding tert-OH is 2. The molecular weight excluding hydrogens is 1750 g/mol. The zero-order valence-electron chi connectivity index (χ0n) is 96.8. The lowest BCUT2D eigenvalue weighted by Gasteiger charge is -2.73. The molecule has 0 aromatic heterocycles. The molecule has 40 atom stereocenters. The fraction of sp³-hybridized carbons (Fsp3) is 0.908. The van der Waals surface area contributed by atoms with Gasteiger partial charge in [-0.15, -0.1) is 0 Å². The summed E-state index contributed by atoms with van der Waals surface area (Å²) in [5.74, 6) is 12.8. The van der Waals surface area contributed by atoms with Crippen molar-refractivity contribution >= 4 is 23.9 Å². The first-order valence-electron chi connectivity index (χ1n) is 59.6. The lowest BCUT2D eigenvalue weighted by molar-refractivity contribution is -0.252. The number of fused-ring (bicyclic) bond motifs is 28. The summed E-state index contributed by atoms with van der Waals surface area (Å²) in [6, 6.07) is 0. The van der Waals surface area contributed by atoms with E-state index in [1.54, 1.807) is 27.7 Å². The Balaban J connectivity index is 0.000000130. The zero-order valence-corrected chi connectivity index (χ0v) is 96.8. The van der Waals surface area contributed by atoms with Crippen LogP contribution >= 0.6 is 0 Å². The van der Waals surface area contributed by atoms with E-state index >= 15 is 0 Å². The van der Waals surface area contributed by atoms with E-state index in [4.69, 9.17) is 28.4 Å². The lowest BCUT2D eigenvalue weighted by atomic mass is 9.32. The topological polar surface area (TPSA) is 164 Å². The van der Waals surface area contributed by atoms with E-state index < -0.39 is 0 Å². The van der Waals surface area contributed by atoms with Gasteiger partial charge in [0.1, 0.15) is 12.2 Å². The molecule has 0 bridgehead atoms. The first kappa shape index (κ1) is 110. The maximum Gasteiger partial charge on any atom is 0.302 e. The van der Waals surface area contributed by atoms with E-state index in [9.17, 15) is 29.4 Å². The standard InChI is InChI=1S/C34H54O4.2C32H52O3.C32H54O2/c1-21(2)24-12-17-34(20-37-22(3)35)19-18-32(8)25(29(24)34)10-11-27-31(7)15-14-28(38-23(4)36)30(5,6)26(31)13-16-33(27,32)9;1-20(2)22-11-16-32(19-35-21(3)33)18-17-30(7)23(27(22)32)9-10-25-29(6)14-13-26(34)28(4,5)24(29)12-15-31(25,30)8;1-20(2)22-11-16-32(19-33)18-17-30(7)23(27(22)32)9-10-25-29(6)14-13-26(35-21(3)34)28(4,5)24(29)12-15-31(25,30)8;1-21(2)22-12-17-32(20-33-8)19-18-30(6)23(27(22)32)10-11-25-29(5)15-14-26(34-9)28(3,4)24(29)13-16-31(25,30)7/h24-29H,1,10-20H2,2-9H3;22-27,34H,1,9-19H2,2-8H3;22-27,33H,1,9-19H2,2-8H3;22-27H,1,10-20H2,2-9H3/t24?,25-,26+,27-,28?,29?,31+,32-,33-,34?;3*22?,23-,24+,25-,26?,27?,29+,30-,31-,32?/m1111/s1. The fourth-order valence-electron chi connectivity index (χ4n) is 48.1. The normalized spacial score (nSPS) is 51.9. The van der Waals surface area contributed by atoms with Crippen LogP contribution in [0, 0.1) is 227 Å². The van der Waals surface area contributed by atoms with Crippen molar-refractivity contribution in [2.24, 2.45) is 227 Å². The summed E-state index contributed by atoms with van der Waals surface area (Å²) in [6.45, 7) is 87.0. The van der Waals surface area contributed by atoms with Crippen molar-refractivity contribution in [1.82, 2.24) is 0 Å². The van der Waals surface area contributed by atoms with E-state index in [-0.39, 0.29) is 90.9 Å². The second-order valence-electron chi connectivity index (χ2n) is 61.2. The van der Waals surface area contributed by atoms with Crippen LogP contribution < -0.4 is 0 Å². The molecule has 12 heteroatoms. The van der Waals surface area contributed by atoms with Crippen molar-refractivity contribution < 1.29 is 57.8 Å². The van der Waals surface area contributed by atoms with E-state index in [1.807, 2.05) is 14.2 Å². The number of carbonyl (C=O) groups is 4. The van der Waals surface area contributed by atoms with Crippen LogP contribution in [0.15, 0.2) is 48.6 Å². The second-order valence-corrected chi connectivity index (χ2v) is 61.2. The SMILES string of the molecule is C=C(C)C1CCC2(CO)CC[C@]3(C)[C@H](CC[C@@H]4[C@@]5(C)CCC(OC(C)=O)C(C)(C)[C@@H]5CC[C@]43C)C12.C=C(C)C1CCC2(COC(C)=O)CC[C@]3(C)[C@H](CC[C@@H]4[C@@]5(C)CCC(O)C(C)(C)[C@@H]5CC[C@]43C)C12.C=C(C)C1CCC2(COC(C)=O)CC[C@]3(C)[C@H](CC[C@@H]4[C@@]5(C)CCC(OC(C)=O)C(C)(C)[C@@H]5CC[C@]43C)C12.C=C(C)C1CCC2(COC)CC[C@]3(C)[C@H](CC[C@@H]4[C@@]5(C)CCC(OC)C(C)(C)[C@@H]5CC[C@]43C)C12. The maximum atomic E-state index is 11.9. The molecule has 0 saturated heterocycles. The molecule has 0 amide bonds. The number of methoxy groups -OCH3 is 2. The Bertz CT molecular complexity index is 4760. The highest BCUT2D eigenvalue weighted by atomic mass is 16.6. The highest BCUT2D eigenvalue weighted by Gasteiger charge is 2.78. The third kappa shape index (κ3) is 15.9. The third-order valence-corrected chi connectivity index (χ3v) is 55.5. The van der Waals surface area contributed by atoms with Gasteiger partial charge in [0, 0.05) is 70.2 Å². The average molecular weight is 1970 g/mol. The average Bonchev–Trinajstić information content (AvgIpc) is 1.27. The summed E-state index contributed by atoms with van der Waals surface area (Å²) in [5, 5.41) is 21.6. The molecule has 16 unspecified atom stereocenters. The minimum atomic E-state index is -0.164. The van der Waals surface area contributed by atoms with Crippen LogP contribution in [0.4, 0.5) is 0 Å². The molecule has 12 nitrogen and oxygen atoms in total. The number of aliphatic hydroxyl groups is 2. The van der Waals surface area contributed by atoms with Crippen LogP contribution in [-0.4, -0.2) is 99.2 Å². The van der Waals surface area contributed by atoms with E-state index in [0.29, 0.717) is 168 Å². The molecule has 2 N–H and O–H groups in total. The molecule has 20 rings (SSSR count). The molecule has 0 aromatic carbocycles. The van der Waals surface area contributed by atoms with Crippen molar-refractivity contribution in [2.45, 2.75) is 475 Å². The van der Waals surface area contributed by atoms with Crippen LogP contribution in [0.5, 0.6) is 0 Å². The predicted molar refractivity (Wildman–Crippen MR) is 576 cm³/mol. The second kappa shape index (κ2) is 37.3. The molecule has 20 fully saturated rings. The number of esters is 4. The molecule has 0 aliphatic heterocycles. The maximum absolute atomic E-state index is 11.9. The van der Waals surface area contributed by atoms with Gasteiger partial charge >= 0.3 is 23.9 Å². The van der Waals surface area contributed by atoms with Crippen molar-refractivity contribution in [1.29, 1.82) is 0 Å². The molecule has 142 heavy (non-hydrogen) atoms. The number of rotatable bonds is 14. The Morgan fingerprint density at radius 3 is 0.782 bits per heavy atom. The van der Waals surface area contributed by atoms with Gasteiger partial charge in [-0.1, -0.05) is 187 Å². The largest absolute Gasteiger partial charge is 0.465 e. The zero-order chi connectivity index (χ0) is 104. The highest BCUT2D eigenvalue weighted by Crippen LogP contribution is 2.85. The van der Waals surface area contributed by atoms with E-state index in [0.717, 1.165) is 67.8 Å². The molecule has 20 saturated carbocycles. The minimum Gasteiger partial charge on any atom is -0.465 e. The summed E-state index contributed by atoms with van der Waals surface area (Å²) in [7, 11) is 3.88. The Morgan fingerprint density at radius 2 is 0.514 bits per heavy atom. The number of hydrogen-bond donors (Lipinski definition) is 2. The Labute approximate surface area is 867 Å². The smallest absolute Gasteiger partial charge is 0.302 e. The van der Waals surface area contributed by atoms with Crippen molar-refractivity contribution in [2.75, 3.05) is 40.6 Å². The first-order chi connectivity index (χ1) is 66.0. The molecule has 0 radical (unpaired) electrons. The van der Waals surface area contributed by atoms with Gasteiger partial charge < -0.3 is 38.6 Å². The van der Waals surface area contributed by atoms with Gasteiger partial charge in [0.15, 0.2) is 0 Å². The third-order valence-electron chi connectivity index (χ3n) is 55.5. The van der Waals surface area contributed by atoms with Gasteiger partial charge in [-0.05, 0) is 490 Å². The minimum absolute atomic E-state index is 0.00000109. The van der Waals surface area contributed by atoms with Gasteiger partial charge in [0.25, 0.3) is 0 Å². The fourth-order valence-corrected chi connectivity index (χ4v) is 48.1. The summed E-state index contributed by atoms with van der Waals surface area (Å²) in [6.07, 6.45) is 50.4. The molecule has 20 aliphatic rings. The predicted octanol–water partition coefficient (Wildman–Crippen LogP) is 31.6. The van der Waals surface area contributed by atoms with Crippen molar-refractivity contribution in [3.63, 3.8) is 0 Å². The molecular formula is C130H212O12. The summed E-state index contributed by atoms with van der Waals surface area (Å²) in [5.41, 5.74) is 10.6. The van der Waals surface area contributed by atoms with Gasteiger partial charge in [0.2, 0.25) is 0 Å². The van der Waals surface area contributed by atoms with Crippen LogP contribution in [-0.2, 0) is 47.6 Å². The molecule has 804 valence electrons. The summed E-state index contributed by atoms with van der Waals surface area (Å²) in [4.78, 5) is 47.6. The number of allylic oxidation sites excluding steroid dienone is 4. The number of carbonyl (C=O) groups excluding carboxylic acids is 4. The first-order valence-corrected chi connectivity index (χ1v) is 59.6. The van der Waals surface area contributed by atoms with Crippen LogP contribution in [0.2, 0.25) is 0 Å².